The van der Waals surface area contributed by atoms with Crippen molar-refractivity contribution in [2.45, 2.75) is 18.6 Å². The zero-order valence-corrected chi connectivity index (χ0v) is 10.4. The van der Waals surface area contributed by atoms with Gasteiger partial charge >= 0.3 is 0 Å². The number of H-pyrrole nitrogens is 1. The van der Waals surface area contributed by atoms with E-state index in [4.69, 9.17) is 0 Å². The number of amides is 1. The number of nitrogens with one attached hydrogen (secondary N) is 1. The van der Waals surface area contributed by atoms with E-state index < -0.39 is 11.4 Å². The van der Waals surface area contributed by atoms with E-state index in [0.29, 0.717) is 0 Å². The fraction of sp³-hybridized carbons (Fsp3) is 0.400. The molecule has 8 heteroatoms. The monoisotopic (exact) mass is 269 g/mol. The summed E-state index contributed by atoms with van der Waals surface area (Å²) in [5.74, 6) is -0.664. The maximum atomic E-state index is 11.7. The van der Waals surface area contributed by atoms with Gasteiger partial charge in [-0.2, -0.15) is 4.98 Å². The second kappa shape index (κ2) is 4.81. The van der Waals surface area contributed by atoms with Crippen LogP contribution in [-0.4, -0.2) is 37.9 Å². The van der Waals surface area contributed by atoms with Crippen molar-refractivity contribution in [2.24, 2.45) is 0 Å². The fourth-order valence-electron chi connectivity index (χ4n) is 1.75. The van der Waals surface area contributed by atoms with E-state index >= 15 is 0 Å². The van der Waals surface area contributed by atoms with Crippen molar-refractivity contribution >= 4 is 28.7 Å². The van der Waals surface area contributed by atoms with Gasteiger partial charge in [-0.05, 0) is 0 Å². The van der Waals surface area contributed by atoms with Crippen LogP contribution in [0.2, 0.25) is 0 Å². The topological polar surface area (TPSA) is 103 Å². The third kappa shape index (κ3) is 2.70. The van der Waals surface area contributed by atoms with Gasteiger partial charge in [-0.25, -0.2) is 0 Å². The highest BCUT2D eigenvalue weighted by atomic mass is 32.2. The van der Waals surface area contributed by atoms with Crippen LogP contribution < -0.4 is 10.5 Å². The predicted octanol–water partition coefficient (Wildman–Crippen LogP) is -0.140. The van der Waals surface area contributed by atoms with Crippen LogP contribution in [0.1, 0.15) is 13.3 Å². The summed E-state index contributed by atoms with van der Waals surface area (Å²) in [6.07, 6.45) is 0.212. The Hall–Kier alpha value is -1.83. The number of thioether (sulfide) groups is 1. The van der Waals surface area contributed by atoms with Gasteiger partial charge in [0.1, 0.15) is 0 Å². The first kappa shape index (κ1) is 12.6. The predicted molar refractivity (Wildman–Crippen MR) is 65.6 cm³/mol. The van der Waals surface area contributed by atoms with E-state index in [1.807, 2.05) is 0 Å². The average molecular weight is 269 g/mol. The molecule has 2 rings (SSSR count). The molecule has 1 fully saturated rings. The Balaban J connectivity index is 2.21. The van der Waals surface area contributed by atoms with Gasteiger partial charge in [-0.15, -0.1) is 0 Å². The Bertz CT molecular complexity index is 556. The van der Waals surface area contributed by atoms with Crippen molar-refractivity contribution in [1.29, 1.82) is 0 Å². The van der Waals surface area contributed by atoms with E-state index in [1.54, 1.807) is 0 Å². The smallest absolute Gasteiger partial charge is 0.256 e. The molecule has 0 saturated carbocycles. The number of anilines is 1. The second-order valence-corrected chi connectivity index (χ2v) is 5.34. The molecule has 1 unspecified atom stereocenters. The molecule has 2 N–H and O–H groups in total. The Morgan fingerprint density at radius 2 is 2.33 bits per heavy atom. The summed E-state index contributed by atoms with van der Waals surface area (Å²) in [4.78, 5) is 41.2. The summed E-state index contributed by atoms with van der Waals surface area (Å²) in [6, 6.07) is 0.922. The molecule has 18 heavy (non-hydrogen) atoms. The standard InChI is InChI=1S/C10H11N3O4S/c1-5(14)18-6-2-9(17)13(4-6)10-11-7(15)3-8(16)12-10/h3,6H,2,4H2,1H3,(H2,11,12,15,16). The highest BCUT2D eigenvalue weighted by molar-refractivity contribution is 8.14. The maximum Gasteiger partial charge on any atom is 0.256 e. The lowest BCUT2D eigenvalue weighted by molar-refractivity contribution is -0.117. The van der Waals surface area contributed by atoms with Gasteiger partial charge in [-0.1, -0.05) is 11.8 Å². The molecule has 1 aliphatic rings. The van der Waals surface area contributed by atoms with Crippen LogP contribution >= 0.6 is 11.8 Å². The molecule has 96 valence electrons. The summed E-state index contributed by atoms with van der Waals surface area (Å²) >= 11 is 1.09. The summed E-state index contributed by atoms with van der Waals surface area (Å²) < 4.78 is 0. The van der Waals surface area contributed by atoms with Crippen LogP contribution in [0.25, 0.3) is 0 Å². The third-order valence-electron chi connectivity index (χ3n) is 2.39. The van der Waals surface area contributed by atoms with Crippen LogP contribution in [0.4, 0.5) is 5.95 Å². The average Bonchev–Trinajstić information content (AvgIpc) is 2.56. The Labute approximate surface area is 106 Å². The second-order valence-electron chi connectivity index (χ2n) is 3.87. The van der Waals surface area contributed by atoms with Crippen molar-refractivity contribution in [3.05, 3.63) is 16.4 Å². The van der Waals surface area contributed by atoms with Crippen LogP contribution in [0.3, 0.4) is 0 Å². The minimum absolute atomic E-state index is 0.0108. The molecule has 7 nitrogen and oxygen atoms in total. The number of rotatable bonds is 2. The number of aromatic amines is 1. The number of carbonyl (C=O) groups excluding carboxylic acids is 2. The molecule has 2 heterocycles. The van der Waals surface area contributed by atoms with Gasteiger partial charge in [0, 0.05) is 25.1 Å². The molecule has 1 atom stereocenters. The number of hydrogen-bond acceptors (Lipinski definition) is 6. The van der Waals surface area contributed by atoms with Crippen molar-refractivity contribution in [1.82, 2.24) is 9.97 Å². The van der Waals surface area contributed by atoms with E-state index in [-0.39, 0.29) is 35.2 Å². The third-order valence-corrected chi connectivity index (χ3v) is 3.37. The Morgan fingerprint density at radius 1 is 1.61 bits per heavy atom. The molecule has 1 amide bonds. The molecule has 1 aromatic heterocycles. The molecule has 1 aromatic rings. The fourth-order valence-corrected chi connectivity index (χ4v) is 2.67. The molecule has 0 aliphatic carbocycles. The van der Waals surface area contributed by atoms with Gasteiger partial charge in [0.05, 0.1) is 6.07 Å². The van der Waals surface area contributed by atoms with Crippen LogP contribution in [0.15, 0.2) is 10.9 Å². The molecule has 1 aliphatic heterocycles. The van der Waals surface area contributed by atoms with E-state index in [0.717, 1.165) is 17.8 Å². The Kier molecular flexibility index (Phi) is 3.37. The highest BCUT2D eigenvalue weighted by Gasteiger charge is 2.33. The summed E-state index contributed by atoms with van der Waals surface area (Å²) in [5.41, 5.74) is -0.534. The lowest BCUT2D eigenvalue weighted by atomic mass is 10.4. The lowest BCUT2D eigenvalue weighted by Gasteiger charge is -2.14. The van der Waals surface area contributed by atoms with E-state index in [9.17, 15) is 19.5 Å². The normalized spacial score (nSPS) is 19.3. The zero-order chi connectivity index (χ0) is 13.3. The largest absolute Gasteiger partial charge is 0.493 e. The van der Waals surface area contributed by atoms with Crippen molar-refractivity contribution in [3.63, 3.8) is 0 Å². The quantitative estimate of drug-likeness (QED) is 0.774. The SMILES string of the molecule is CC(=O)SC1CC(=O)N(c2nc(O)cc(=O)[nH]2)C1. The van der Waals surface area contributed by atoms with Gasteiger partial charge in [0.25, 0.3) is 5.56 Å². The van der Waals surface area contributed by atoms with Gasteiger partial charge < -0.3 is 5.11 Å². The first-order valence-corrected chi connectivity index (χ1v) is 6.11. The number of aromatic nitrogens is 2. The number of nitrogens with zero attached hydrogens (tertiary/aromatic N) is 2. The minimum Gasteiger partial charge on any atom is -0.493 e. The molecule has 0 aromatic carbocycles. The first-order valence-electron chi connectivity index (χ1n) is 5.23. The summed E-state index contributed by atoms with van der Waals surface area (Å²) in [5, 5.41) is 9.01. The van der Waals surface area contributed by atoms with Crippen LogP contribution in [0, 0.1) is 0 Å². The Morgan fingerprint density at radius 3 is 2.94 bits per heavy atom. The number of hydrogen-bond donors (Lipinski definition) is 2. The van der Waals surface area contributed by atoms with Crippen LogP contribution in [-0.2, 0) is 9.59 Å². The van der Waals surface area contributed by atoms with Gasteiger partial charge in [0.2, 0.25) is 17.7 Å². The summed E-state index contributed by atoms with van der Waals surface area (Å²) in [6.45, 7) is 1.72. The van der Waals surface area contributed by atoms with Crippen molar-refractivity contribution in [2.75, 3.05) is 11.4 Å². The van der Waals surface area contributed by atoms with Crippen LogP contribution in [0.5, 0.6) is 5.88 Å². The van der Waals surface area contributed by atoms with E-state index in [2.05, 4.69) is 9.97 Å². The molecule has 0 radical (unpaired) electrons. The lowest BCUT2D eigenvalue weighted by Crippen LogP contribution is -2.28. The number of carbonyl (C=O) groups is 2. The van der Waals surface area contributed by atoms with Gasteiger partial charge in [-0.3, -0.25) is 24.3 Å². The van der Waals surface area contributed by atoms with Crippen molar-refractivity contribution < 1.29 is 14.7 Å². The maximum absolute atomic E-state index is 11.7. The molecular formula is C10H11N3O4S. The molecule has 0 bridgehead atoms. The number of aromatic hydroxyl groups is 1. The molecule has 0 spiro atoms. The summed E-state index contributed by atoms with van der Waals surface area (Å²) in [7, 11) is 0. The highest BCUT2D eigenvalue weighted by Crippen LogP contribution is 2.26. The van der Waals surface area contributed by atoms with Gasteiger partial charge in [0.15, 0.2) is 5.12 Å². The van der Waals surface area contributed by atoms with Crippen molar-refractivity contribution in [3.8, 4) is 5.88 Å². The zero-order valence-electron chi connectivity index (χ0n) is 9.54. The van der Waals surface area contributed by atoms with E-state index in [1.165, 1.54) is 11.8 Å². The minimum atomic E-state index is -0.534. The molecule has 1 saturated heterocycles. The first-order chi connectivity index (χ1) is 8.45. The molecular weight excluding hydrogens is 258 g/mol.